The number of benzene rings is 3. The van der Waals surface area contributed by atoms with Crippen LogP contribution in [-0.2, 0) is 24.6 Å². The molecule has 0 N–H and O–H groups in total. The van der Waals surface area contributed by atoms with Crippen molar-refractivity contribution in [2.45, 2.75) is 5.54 Å². The molecule has 0 radical (unpaired) electrons. The third-order valence-electron chi connectivity index (χ3n) is 6.38. The molecule has 1 saturated heterocycles. The maximum absolute atomic E-state index is 12.7. The largest absolute Gasteiger partial charge is 0.469 e. The van der Waals surface area contributed by atoms with Crippen molar-refractivity contribution in [1.29, 1.82) is 0 Å². The molecular formula is C27H27NO4. The summed E-state index contributed by atoms with van der Waals surface area (Å²) in [6, 6.07) is 30.6. The van der Waals surface area contributed by atoms with Crippen LogP contribution in [0.3, 0.4) is 0 Å². The molecule has 0 amide bonds. The molecule has 4 rings (SSSR count). The number of hydrogen-bond donors (Lipinski definition) is 0. The molecule has 2 atom stereocenters. The average molecular weight is 430 g/mol. The summed E-state index contributed by atoms with van der Waals surface area (Å²) in [4.78, 5) is 27.6. The molecule has 0 aromatic heterocycles. The highest BCUT2D eigenvalue weighted by molar-refractivity contribution is 5.83. The van der Waals surface area contributed by atoms with Crippen LogP contribution < -0.4 is 0 Å². The second-order valence-corrected chi connectivity index (χ2v) is 7.97. The van der Waals surface area contributed by atoms with Crippen LogP contribution in [0.15, 0.2) is 91.0 Å². The molecule has 0 spiro atoms. The van der Waals surface area contributed by atoms with Gasteiger partial charge in [-0.15, -0.1) is 0 Å². The molecule has 164 valence electrons. The van der Waals surface area contributed by atoms with Crippen molar-refractivity contribution in [2.24, 2.45) is 11.8 Å². The zero-order valence-corrected chi connectivity index (χ0v) is 18.3. The second-order valence-electron chi connectivity index (χ2n) is 7.97. The Morgan fingerprint density at radius 1 is 0.656 bits per heavy atom. The van der Waals surface area contributed by atoms with E-state index in [-0.39, 0.29) is 0 Å². The first kappa shape index (κ1) is 21.8. The Labute approximate surface area is 188 Å². The van der Waals surface area contributed by atoms with Crippen LogP contribution in [0, 0.1) is 11.8 Å². The summed E-state index contributed by atoms with van der Waals surface area (Å²) in [7, 11) is 2.72. The van der Waals surface area contributed by atoms with Crippen LogP contribution in [0.25, 0.3) is 0 Å². The lowest BCUT2D eigenvalue weighted by Gasteiger charge is -2.44. The standard InChI is InChI=1S/C27H27NO4/c1-31-25(29)23-18-28(19-24(23)26(30)32-2)27(20-12-6-3-7-13-20,21-14-8-4-9-15-21)22-16-10-5-11-17-22/h3-17,23-24H,18-19H2,1-2H3/t23-,24+. The maximum atomic E-state index is 12.7. The van der Waals surface area contributed by atoms with Gasteiger partial charge in [0, 0.05) is 13.1 Å². The van der Waals surface area contributed by atoms with E-state index in [1.807, 2.05) is 54.6 Å². The minimum atomic E-state index is -0.696. The Kier molecular flexibility index (Phi) is 6.37. The molecule has 0 aliphatic carbocycles. The fourth-order valence-electron chi connectivity index (χ4n) is 4.94. The summed E-state index contributed by atoms with van der Waals surface area (Å²) in [6.07, 6.45) is 0. The Hall–Kier alpha value is -3.44. The van der Waals surface area contributed by atoms with Gasteiger partial charge in [-0.3, -0.25) is 14.5 Å². The predicted octanol–water partition coefficient (Wildman–Crippen LogP) is 3.87. The van der Waals surface area contributed by atoms with Crippen molar-refractivity contribution >= 4 is 11.9 Å². The number of ether oxygens (including phenoxy) is 2. The number of esters is 2. The number of carbonyl (C=O) groups is 2. The van der Waals surface area contributed by atoms with Gasteiger partial charge >= 0.3 is 11.9 Å². The smallest absolute Gasteiger partial charge is 0.310 e. The van der Waals surface area contributed by atoms with Crippen LogP contribution in [0.1, 0.15) is 16.7 Å². The average Bonchev–Trinajstić information content (AvgIpc) is 3.31. The van der Waals surface area contributed by atoms with Gasteiger partial charge in [-0.25, -0.2) is 0 Å². The summed E-state index contributed by atoms with van der Waals surface area (Å²) in [5, 5.41) is 0. The number of hydrogen-bond acceptors (Lipinski definition) is 5. The predicted molar refractivity (Wildman–Crippen MR) is 122 cm³/mol. The lowest BCUT2D eigenvalue weighted by atomic mass is 9.75. The van der Waals surface area contributed by atoms with E-state index in [9.17, 15) is 9.59 Å². The van der Waals surface area contributed by atoms with E-state index in [2.05, 4.69) is 41.3 Å². The second kappa shape index (κ2) is 9.37. The molecule has 5 nitrogen and oxygen atoms in total. The van der Waals surface area contributed by atoms with Crippen molar-refractivity contribution in [1.82, 2.24) is 4.90 Å². The number of carbonyl (C=O) groups excluding carboxylic acids is 2. The lowest BCUT2D eigenvalue weighted by molar-refractivity contribution is -0.155. The van der Waals surface area contributed by atoms with Crippen LogP contribution >= 0.6 is 0 Å². The summed E-state index contributed by atoms with van der Waals surface area (Å²) < 4.78 is 10.1. The van der Waals surface area contributed by atoms with Gasteiger partial charge in [0.15, 0.2) is 0 Å². The van der Waals surface area contributed by atoms with Gasteiger partial charge in [0.25, 0.3) is 0 Å². The van der Waals surface area contributed by atoms with Crippen molar-refractivity contribution in [2.75, 3.05) is 27.3 Å². The molecule has 1 aliphatic heterocycles. The lowest BCUT2D eigenvalue weighted by Crippen LogP contribution is -2.47. The van der Waals surface area contributed by atoms with Crippen molar-refractivity contribution in [3.05, 3.63) is 108 Å². The van der Waals surface area contributed by atoms with E-state index in [4.69, 9.17) is 9.47 Å². The summed E-state index contributed by atoms with van der Waals surface area (Å²) in [5.74, 6) is -2.01. The van der Waals surface area contributed by atoms with Crippen molar-refractivity contribution < 1.29 is 19.1 Å². The molecule has 5 heteroatoms. The zero-order chi connectivity index (χ0) is 22.6. The Morgan fingerprint density at radius 3 is 1.25 bits per heavy atom. The van der Waals surface area contributed by atoms with Gasteiger partial charge < -0.3 is 9.47 Å². The summed E-state index contributed by atoms with van der Waals surface area (Å²) in [6.45, 7) is 0.732. The topological polar surface area (TPSA) is 55.8 Å². The molecule has 1 heterocycles. The first-order valence-electron chi connectivity index (χ1n) is 10.7. The monoisotopic (exact) mass is 429 g/mol. The van der Waals surface area contributed by atoms with Gasteiger partial charge in [0.1, 0.15) is 0 Å². The first-order chi connectivity index (χ1) is 15.6. The molecule has 1 fully saturated rings. The Bertz CT molecular complexity index is 932. The highest BCUT2D eigenvalue weighted by Gasteiger charge is 2.52. The molecule has 0 bridgehead atoms. The van der Waals surface area contributed by atoms with Crippen molar-refractivity contribution in [3.63, 3.8) is 0 Å². The molecule has 3 aromatic carbocycles. The van der Waals surface area contributed by atoms with Crippen LogP contribution in [0.5, 0.6) is 0 Å². The minimum Gasteiger partial charge on any atom is -0.469 e. The van der Waals surface area contributed by atoms with Gasteiger partial charge in [-0.1, -0.05) is 91.0 Å². The molecular weight excluding hydrogens is 402 g/mol. The molecule has 32 heavy (non-hydrogen) atoms. The SMILES string of the molecule is COC(=O)[C@H]1CN(C(c2ccccc2)(c2ccccc2)c2ccccc2)C[C@H]1C(=O)OC. The summed E-state index contributed by atoms with van der Waals surface area (Å²) >= 11 is 0. The third-order valence-corrected chi connectivity index (χ3v) is 6.38. The Balaban J connectivity index is 1.96. The third kappa shape index (κ3) is 3.69. The normalized spacial score (nSPS) is 18.8. The van der Waals surface area contributed by atoms with Crippen LogP contribution in [-0.4, -0.2) is 44.1 Å². The van der Waals surface area contributed by atoms with E-state index in [0.717, 1.165) is 16.7 Å². The number of methoxy groups -OCH3 is 2. The summed E-state index contributed by atoms with van der Waals surface area (Å²) in [5.41, 5.74) is 2.49. The number of nitrogens with zero attached hydrogens (tertiary/aromatic N) is 1. The van der Waals surface area contributed by atoms with Gasteiger partial charge in [0.05, 0.1) is 31.6 Å². The van der Waals surface area contributed by atoms with E-state index in [0.29, 0.717) is 13.1 Å². The quantitative estimate of drug-likeness (QED) is 0.440. The van der Waals surface area contributed by atoms with E-state index in [1.54, 1.807) is 0 Å². The number of rotatable bonds is 6. The van der Waals surface area contributed by atoms with Gasteiger partial charge in [-0.05, 0) is 16.7 Å². The van der Waals surface area contributed by atoms with Crippen LogP contribution in [0.2, 0.25) is 0 Å². The van der Waals surface area contributed by atoms with Crippen molar-refractivity contribution in [3.8, 4) is 0 Å². The highest BCUT2D eigenvalue weighted by atomic mass is 16.5. The van der Waals surface area contributed by atoms with Gasteiger partial charge in [0.2, 0.25) is 0 Å². The van der Waals surface area contributed by atoms with Crippen LogP contribution in [0.4, 0.5) is 0 Å². The fourth-order valence-corrected chi connectivity index (χ4v) is 4.94. The minimum absolute atomic E-state index is 0.366. The van der Waals surface area contributed by atoms with Gasteiger partial charge in [-0.2, -0.15) is 0 Å². The van der Waals surface area contributed by atoms with E-state index >= 15 is 0 Å². The fraction of sp³-hybridized carbons (Fsp3) is 0.259. The molecule has 1 aliphatic rings. The molecule has 0 saturated carbocycles. The molecule has 3 aromatic rings. The first-order valence-corrected chi connectivity index (χ1v) is 10.7. The maximum Gasteiger partial charge on any atom is 0.310 e. The molecule has 0 unspecified atom stereocenters. The number of likely N-dealkylation sites (tertiary alicyclic amines) is 1. The van der Waals surface area contributed by atoms with E-state index in [1.165, 1.54) is 14.2 Å². The highest BCUT2D eigenvalue weighted by Crippen LogP contribution is 2.46. The Morgan fingerprint density at radius 2 is 0.969 bits per heavy atom. The van der Waals surface area contributed by atoms with E-state index < -0.39 is 29.3 Å². The zero-order valence-electron chi connectivity index (χ0n) is 18.3.